The van der Waals surface area contributed by atoms with Crippen molar-refractivity contribution in [2.45, 2.75) is 26.7 Å². The van der Waals surface area contributed by atoms with Gasteiger partial charge >= 0.3 is 0 Å². The Balaban J connectivity index is 1.75. The molecule has 1 aliphatic carbocycles. The lowest BCUT2D eigenvalue weighted by molar-refractivity contribution is -0.117. The van der Waals surface area contributed by atoms with Crippen LogP contribution in [0.5, 0.6) is 0 Å². The fraction of sp³-hybridized carbons (Fsp3) is 0.294. The highest BCUT2D eigenvalue weighted by Crippen LogP contribution is 2.33. The minimum atomic E-state index is -0.190. The van der Waals surface area contributed by atoms with Gasteiger partial charge in [-0.1, -0.05) is 17.7 Å². The number of benzene rings is 1. The van der Waals surface area contributed by atoms with Crippen LogP contribution in [0.2, 0.25) is 5.02 Å². The first-order chi connectivity index (χ1) is 10.9. The standard InChI is InChI=1S/C17H17ClN2O2S/c1-9-3-6-12(18)8-13(9)19-17(22)15-10(2)7-14(23-15)20-16(21)11-4-5-11/h3,6-8,11H,4-5H2,1-2H3,(H,19,22)(H,20,21). The Kier molecular flexibility index (Phi) is 4.41. The highest BCUT2D eigenvalue weighted by atomic mass is 35.5. The molecular formula is C17H17ClN2O2S. The van der Waals surface area contributed by atoms with Gasteiger partial charge in [0.05, 0.1) is 9.88 Å². The van der Waals surface area contributed by atoms with Crippen molar-refractivity contribution in [1.82, 2.24) is 0 Å². The van der Waals surface area contributed by atoms with E-state index in [1.54, 1.807) is 12.1 Å². The van der Waals surface area contributed by atoms with Crippen LogP contribution in [0.3, 0.4) is 0 Å². The smallest absolute Gasteiger partial charge is 0.266 e. The Morgan fingerprint density at radius 1 is 1.13 bits per heavy atom. The molecule has 0 spiro atoms. The van der Waals surface area contributed by atoms with Crippen LogP contribution >= 0.6 is 22.9 Å². The fourth-order valence-corrected chi connectivity index (χ4v) is 3.39. The lowest BCUT2D eigenvalue weighted by Crippen LogP contribution is -2.12. The van der Waals surface area contributed by atoms with Crippen molar-refractivity contribution in [3.8, 4) is 0 Å². The Hall–Kier alpha value is -1.85. The summed E-state index contributed by atoms with van der Waals surface area (Å²) in [5, 5.41) is 7.06. The van der Waals surface area contributed by atoms with Gasteiger partial charge in [-0.05, 0) is 56.0 Å². The molecular weight excluding hydrogens is 332 g/mol. The summed E-state index contributed by atoms with van der Waals surface area (Å²) in [6, 6.07) is 7.22. The van der Waals surface area contributed by atoms with Crippen molar-refractivity contribution < 1.29 is 9.59 Å². The molecule has 6 heteroatoms. The van der Waals surface area contributed by atoms with Gasteiger partial charge in [-0.15, -0.1) is 11.3 Å². The number of halogens is 1. The van der Waals surface area contributed by atoms with Gasteiger partial charge in [-0.2, -0.15) is 0 Å². The Morgan fingerprint density at radius 2 is 1.87 bits per heavy atom. The molecule has 2 N–H and O–H groups in total. The summed E-state index contributed by atoms with van der Waals surface area (Å²) >= 11 is 7.27. The van der Waals surface area contributed by atoms with Crippen molar-refractivity contribution >= 4 is 45.4 Å². The average molecular weight is 349 g/mol. The molecule has 2 aromatic rings. The second-order valence-electron chi connectivity index (χ2n) is 5.80. The zero-order chi connectivity index (χ0) is 16.6. The van der Waals surface area contributed by atoms with Gasteiger partial charge in [0.25, 0.3) is 5.91 Å². The van der Waals surface area contributed by atoms with Crippen molar-refractivity contribution in [3.63, 3.8) is 0 Å². The molecule has 1 saturated carbocycles. The molecule has 3 rings (SSSR count). The molecule has 120 valence electrons. The summed E-state index contributed by atoms with van der Waals surface area (Å²) < 4.78 is 0. The summed E-state index contributed by atoms with van der Waals surface area (Å²) in [4.78, 5) is 24.9. The molecule has 4 nitrogen and oxygen atoms in total. The maximum absolute atomic E-state index is 12.5. The van der Waals surface area contributed by atoms with Gasteiger partial charge in [0.15, 0.2) is 0 Å². The zero-order valence-corrected chi connectivity index (χ0v) is 14.5. The van der Waals surface area contributed by atoms with Crippen LogP contribution in [0, 0.1) is 19.8 Å². The van der Waals surface area contributed by atoms with E-state index < -0.39 is 0 Å². The SMILES string of the molecule is Cc1ccc(Cl)cc1NC(=O)c1sc(NC(=O)C2CC2)cc1C. The largest absolute Gasteiger partial charge is 0.321 e. The van der Waals surface area contributed by atoms with Crippen molar-refractivity contribution in [2.75, 3.05) is 10.6 Å². The highest BCUT2D eigenvalue weighted by molar-refractivity contribution is 7.18. The van der Waals surface area contributed by atoms with E-state index >= 15 is 0 Å². The highest BCUT2D eigenvalue weighted by Gasteiger charge is 2.30. The number of rotatable bonds is 4. The monoisotopic (exact) mass is 348 g/mol. The minimum absolute atomic E-state index is 0.0453. The van der Waals surface area contributed by atoms with E-state index in [0.29, 0.717) is 20.6 Å². The number of hydrogen-bond acceptors (Lipinski definition) is 3. The Morgan fingerprint density at radius 3 is 2.57 bits per heavy atom. The number of carbonyl (C=O) groups is 2. The number of thiophene rings is 1. The summed E-state index contributed by atoms with van der Waals surface area (Å²) in [7, 11) is 0. The Bertz CT molecular complexity index is 781. The van der Waals surface area contributed by atoms with Gasteiger partial charge in [0.1, 0.15) is 0 Å². The quantitative estimate of drug-likeness (QED) is 0.847. The molecule has 1 aromatic heterocycles. The second-order valence-corrected chi connectivity index (χ2v) is 7.29. The van der Waals surface area contributed by atoms with E-state index in [0.717, 1.165) is 24.0 Å². The first-order valence-corrected chi connectivity index (χ1v) is 8.62. The number of nitrogens with one attached hydrogen (secondary N) is 2. The predicted octanol–water partition coefficient (Wildman–Crippen LogP) is 4.62. The lowest BCUT2D eigenvalue weighted by Gasteiger charge is -2.08. The van der Waals surface area contributed by atoms with E-state index in [-0.39, 0.29) is 17.7 Å². The molecule has 1 aliphatic rings. The van der Waals surface area contributed by atoms with Gasteiger partial charge in [0, 0.05) is 16.6 Å². The summed E-state index contributed by atoms with van der Waals surface area (Å²) in [5.74, 6) is -0.00234. The van der Waals surface area contributed by atoms with E-state index in [1.165, 1.54) is 11.3 Å². The topological polar surface area (TPSA) is 58.2 Å². The van der Waals surface area contributed by atoms with Gasteiger partial charge < -0.3 is 10.6 Å². The maximum atomic E-state index is 12.5. The number of anilines is 2. The molecule has 0 aliphatic heterocycles. The van der Waals surface area contributed by atoms with Crippen molar-refractivity contribution in [2.24, 2.45) is 5.92 Å². The van der Waals surface area contributed by atoms with E-state index in [2.05, 4.69) is 10.6 Å². The molecule has 1 fully saturated rings. The third kappa shape index (κ3) is 3.74. The van der Waals surface area contributed by atoms with Crippen LogP contribution in [0.1, 0.15) is 33.6 Å². The van der Waals surface area contributed by atoms with Crippen LogP contribution in [0.25, 0.3) is 0 Å². The Labute approximate surface area is 143 Å². The molecule has 1 aromatic carbocycles. The van der Waals surface area contributed by atoms with Crippen molar-refractivity contribution in [3.05, 3.63) is 45.3 Å². The molecule has 0 atom stereocenters. The van der Waals surface area contributed by atoms with Gasteiger partial charge in [-0.3, -0.25) is 9.59 Å². The van der Waals surface area contributed by atoms with Crippen LogP contribution in [-0.2, 0) is 4.79 Å². The predicted molar refractivity (Wildman–Crippen MR) is 94.6 cm³/mol. The first-order valence-electron chi connectivity index (χ1n) is 7.43. The minimum Gasteiger partial charge on any atom is -0.321 e. The van der Waals surface area contributed by atoms with E-state index in [1.807, 2.05) is 26.0 Å². The third-order valence-electron chi connectivity index (χ3n) is 3.77. The molecule has 2 amide bonds. The van der Waals surface area contributed by atoms with E-state index in [9.17, 15) is 9.59 Å². The normalized spacial score (nSPS) is 13.7. The maximum Gasteiger partial charge on any atom is 0.266 e. The number of carbonyl (C=O) groups excluding carboxylic acids is 2. The van der Waals surface area contributed by atoms with Gasteiger partial charge in [-0.25, -0.2) is 0 Å². The van der Waals surface area contributed by atoms with Crippen molar-refractivity contribution in [1.29, 1.82) is 0 Å². The average Bonchev–Trinajstić information content (AvgIpc) is 3.27. The molecule has 23 heavy (non-hydrogen) atoms. The fourth-order valence-electron chi connectivity index (χ4n) is 2.25. The number of aryl methyl sites for hydroxylation is 2. The third-order valence-corrected chi connectivity index (χ3v) is 5.15. The summed E-state index contributed by atoms with van der Waals surface area (Å²) in [6.45, 7) is 3.78. The molecule has 0 bridgehead atoms. The van der Waals surface area contributed by atoms with Crippen LogP contribution in [0.15, 0.2) is 24.3 Å². The molecule has 1 heterocycles. The summed E-state index contributed by atoms with van der Waals surface area (Å²) in [6.07, 6.45) is 1.91. The molecule has 0 radical (unpaired) electrons. The second kappa shape index (κ2) is 6.34. The van der Waals surface area contributed by atoms with Crippen LogP contribution < -0.4 is 10.6 Å². The first kappa shape index (κ1) is 16.0. The zero-order valence-electron chi connectivity index (χ0n) is 12.9. The van der Waals surface area contributed by atoms with Crippen LogP contribution in [-0.4, -0.2) is 11.8 Å². The van der Waals surface area contributed by atoms with E-state index in [4.69, 9.17) is 11.6 Å². The number of hydrogen-bond donors (Lipinski definition) is 2. The number of amides is 2. The van der Waals surface area contributed by atoms with Gasteiger partial charge in [0.2, 0.25) is 5.91 Å². The molecule has 0 saturated heterocycles. The summed E-state index contributed by atoms with van der Waals surface area (Å²) in [5.41, 5.74) is 2.48. The van der Waals surface area contributed by atoms with Crippen LogP contribution in [0.4, 0.5) is 10.7 Å². The molecule has 0 unspecified atom stereocenters. The lowest BCUT2D eigenvalue weighted by atomic mass is 10.2.